The molecule has 0 saturated carbocycles. The van der Waals surface area contributed by atoms with Gasteiger partial charge in [-0.05, 0) is 41.9 Å². The molecule has 35 heavy (non-hydrogen) atoms. The number of benzene rings is 2. The lowest BCUT2D eigenvalue weighted by molar-refractivity contribution is 0.0753. The number of nitrogens with zero attached hydrogens (tertiary/aromatic N) is 5. The number of aromatic nitrogens is 3. The second-order valence-electron chi connectivity index (χ2n) is 8.83. The zero-order valence-corrected chi connectivity index (χ0v) is 19.4. The van der Waals surface area contributed by atoms with Crippen LogP contribution in [0.4, 0.5) is 5.69 Å². The van der Waals surface area contributed by atoms with E-state index in [1.165, 1.54) is 0 Å². The van der Waals surface area contributed by atoms with Crippen LogP contribution in [0.15, 0.2) is 67.1 Å². The van der Waals surface area contributed by atoms with Crippen LogP contribution in [-0.4, -0.2) is 56.8 Å². The zero-order chi connectivity index (χ0) is 24.5. The summed E-state index contributed by atoms with van der Waals surface area (Å²) < 4.78 is 4.20. The molecule has 176 valence electrons. The minimum Gasteiger partial charge on any atom is -0.396 e. The summed E-state index contributed by atoms with van der Waals surface area (Å²) in [7, 11) is 1.73. The van der Waals surface area contributed by atoms with Gasteiger partial charge in [0.05, 0.1) is 18.0 Å². The van der Waals surface area contributed by atoms with Gasteiger partial charge in [-0.15, -0.1) is 0 Å². The van der Waals surface area contributed by atoms with Gasteiger partial charge in [0, 0.05) is 62.4 Å². The first kappa shape index (κ1) is 22.6. The summed E-state index contributed by atoms with van der Waals surface area (Å²) in [4.78, 5) is 22.8. The average Bonchev–Trinajstić information content (AvgIpc) is 3.51. The molecule has 0 radical (unpaired) electrons. The van der Waals surface area contributed by atoms with Crippen molar-refractivity contribution >= 4 is 11.6 Å². The summed E-state index contributed by atoms with van der Waals surface area (Å²) in [5.41, 5.74) is 11.9. The van der Waals surface area contributed by atoms with Crippen LogP contribution in [-0.2, 0) is 6.54 Å². The van der Waals surface area contributed by atoms with Gasteiger partial charge in [-0.25, -0.2) is 9.83 Å². The first-order chi connectivity index (χ1) is 17.0. The number of imidazole rings is 1. The zero-order valence-electron chi connectivity index (χ0n) is 19.4. The van der Waals surface area contributed by atoms with E-state index < -0.39 is 0 Å². The highest BCUT2D eigenvalue weighted by Crippen LogP contribution is 2.34. The smallest absolute Gasteiger partial charge is 0.253 e. The maximum Gasteiger partial charge on any atom is 0.253 e. The lowest BCUT2D eigenvalue weighted by Crippen LogP contribution is -2.36. The number of aliphatic hydroxyl groups excluding tert-OH is 1. The Kier molecular flexibility index (Phi) is 5.95. The number of hydrogen-bond donors (Lipinski definition) is 2. The molecule has 1 atom stereocenters. The van der Waals surface area contributed by atoms with E-state index in [9.17, 15) is 9.90 Å². The molecule has 3 N–H and O–H groups in total. The van der Waals surface area contributed by atoms with Crippen molar-refractivity contribution in [2.75, 3.05) is 26.7 Å². The van der Waals surface area contributed by atoms with E-state index in [2.05, 4.69) is 26.7 Å². The van der Waals surface area contributed by atoms with Crippen molar-refractivity contribution in [2.45, 2.75) is 6.54 Å². The Morgan fingerprint density at radius 2 is 2.03 bits per heavy atom. The molecule has 1 unspecified atom stereocenters. The van der Waals surface area contributed by atoms with E-state index >= 15 is 0 Å². The standard InChI is InChI=1S/C27H26N6O2/c1-29-23-6-3-19(4-7-23)21-12-25-26-30-9-10-33(26)24-8-5-20(11-22(24)16-32(25)15-21)27(35)31(2)14-18(13-28)17-34/h3-12,15,18,34H,13-14,16-17,28H2,2H3. The fourth-order valence-corrected chi connectivity index (χ4v) is 4.56. The Balaban J connectivity index is 1.51. The Hall–Kier alpha value is -4.19. The van der Waals surface area contributed by atoms with Gasteiger partial charge in [-0.1, -0.05) is 24.3 Å². The Labute approximate surface area is 203 Å². The van der Waals surface area contributed by atoms with E-state index in [0.717, 1.165) is 33.9 Å². The van der Waals surface area contributed by atoms with Gasteiger partial charge in [0.25, 0.3) is 5.91 Å². The van der Waals surface area contributed by atoms with Crippen LogP contribution in [0.25, 0.3) is 33.2 Å². The Morgan fingerprint density at radius 1 is 1.23 bits per heavy atom. The number of carbonyl (C=O) groups is 1. The lowest BCUT2D eigenvalue weighted by atomic mass is 10.1. The normalized spacial score (nSPS) is 12.6. The number of nitrogens with two attached hydrogens (primary N) is 1. The van der Waals surface area contributed by atoms with Gasteiger partial charge in [0.15, 0.2) is 11.5 Å². The van der Waals surface area contributed by atoms with Crippen LogP contribution < -0.4 is 5.73 Å². The fourth-order valence-electron chi connectivity index (χ4n) is 4.56. The van der Waals surface area contributed by atoms with Crippen molar-refractivity contribution in [3.8, 4) is 28.3 Å². The van der Waals surface area contributed by atoms with Crippen molar-refractivity contribution in [1.29, 1.82) is 0 Å². The van der Waals surface area contributed by atoms with Gasteiger partial charge in [-0.2, -0.15) is 0 Å². The molecule has 3 heterocycles. The molecule has 2 aromatic carbocycles. The maximum atomic E-state index is 13.1. The van der Waals surface area contributed by atoms with Crippen molar-refractivity contribution in [2.24, 2.45) is 11.7 Å². The molecule has 1 aliphatic rings. The highest BCUT2D eigenvalue weighted by Gasteiger charge is 2.23. The second-order valence-corrected chi connectivity index (χ2v) is 8.83. The summed E-state index contributed by atoms with van der Waals surface area (Å²) in [6.07, 6.45) is 5.80. The summed E-state index contributed by atoms with van der Waals surface area (Å²) in [6.45, 7) is 8.42. The van der Waals surface area contributed by atoms with Crippen molar-refractivity contribution in [3.05, 3.63) is 89.7 Å². The summed E-state index contributed by atoms with van der Waals surface area (Å²) in [5.74, 6) is 0.573. The predicted octanol–water partition coefficient (Wildman–Crippen LogP) is 3.56. The van der Waals surface area contributed by atoms with Crippen molar-refractivity contribution in [3.63, 3.8) is 0 Å². The molecule has 0 spiro atoms. The van der Waals surface area contributed by atoms with Gasteiger partial charge < -0.3 is 20.3 Å². The van der Waals surface area contributed by atoms with Crippen molar-refractivity contribution in [1.82, 2.24) is 19.0 Å². The Bertz CT molecular complexity index is 1420. The number of hydrogen-bond acceptors (Lipinski definition) is 4. The average molecular weight is 467 g/mol. The van der Waals surface area contributed by atoms with Crippen LogP contribution in [0.2, 0.25) is 0 Å². The summed E-state index contributed by atoms with van der Waals surface area (Å²) >= 11 is 0. The molecule has 4 aromatic rings. The van der Waals surface area contributed by atoms with E-state index in [0.29, 0.717) is 30.9 Å². The molecule has 2 aromatic heterocycles. The topological polar surface area (TPSA) is 93.7 Å². The predicted molar refractivity (Wildman–Crippen MR) is 134 cm³/mol. The third-order valence-electron chi connectivity index (χ3n) is 6.49. The number of carbonyl (C=O) groups excluding carboxylic acids is 1. The molecular weight excluding hydrogens is 440 g/mol. The molecule has 8 nitrogen and oxygen atoms in total. The highest BCUT2D eigenvalue weighted by atomic mass is 16.3. The first-order valence-electron chi connectivity index (χ1n) is 11.4. The van der Waals surface area contributed by atoms with Gasteiger partial charge in [0.1, 0.15) is 0 Å². The highest BCUT2D eigenvalue weighted by molar-refractivity contribution is 5.94. The third kappa shape index (κ3) is 4.12. The quantitative estimate of drug-likeness (QED) is 0.374. The molecule has 0 fully saturated rings. The van der Waals surface area contributed by atoms with Crippen LogP contribution in [0.3, 0.4) is 0 Å². The molecule has 5 rings (SSSR count). The van der Waals surface area contributed by atoms with E-state index in [-0.39, 0.29) is 18.4 Å². The Morgan fingerprint density at radius 3 is 2.74 bits per heavy atom. The molecule has 0 aliphatic carbocycles. The summed E-state index contributed by atoms with van der Waals surface area (Å²) in [6, 6.07) is 15.4. The molecule has 8 heteroatoms. The van der Waals surface area contributed by atoms with E-state index in [1.807, 2.05) is 53.2 Å². The van der Waals surface area contributed by atoms with Crippen molar-refractivity contribution < 1.29 is 9.90 Å². The monoisotopic (exact) mass is 466 g/mol. The van der Waals surface area contributed by atoms with Crippen LogP contribution in [0.5, 0.6) is 0 Å². The van der Waals surface area contributed by atoms with Gasteiger partial charge >= 0.3 is 0 Å². The molecule has 0 saturated heterocycles. The van der Waals surface area contributed by atoms with E-state index in [4.69, 9.17) is 12.3 Å². The van der Waals surface area contributed by atoms with Crippen LogP contribution >= 0.6 is 0 Å². The number of amides is 1. The lowest BCUT2D eigenvalue weighted by Gasteiger charge is -2.22. The van der Waals surface area contributed by atoms with Gasteiger partial charge in [-0.3, -0.25) is 9.36 Å². The van der Waals surface area contributed by atoms with E-state index in [1.54, 1.807) is 18.1 Å². The first-order valence-corrected chi connectivity index (χ1v) is 11.4. The SMILES string of the molecule is [C-]#[N+]c1ccc(-c2cc3n(c2)Cc2cc(C(=O)N(C)CC(CN)CO)ccc2-n2ccnc2-3)cc1. The summed E-state index contributed by atoms with van der Waals surface area (Å²) in [5, 5.41) is 9.45. The number of fused-ring (bicyclic) bond motifs is 5. The third-order valence-corrected chi connectivity index (χ3v) is 6.49. The van der Waals surface area contributed by atoms with Crippen LogP contribution in [0.1, 0.15) is 15.9 Å². The fraction of sp³-hybridized carbons (Fsp3) is 0.222. The van der Waals surface area contributed by atoms with Gasteiger partial charge in [0.2, 0.25) is 0 Å². The minimum atomic E-state index is -0.150. The molecule has 0 bridgehead atoms. The minimum absolute atomic E-state index is 0.0545. The maximum absolute atomic E-state index is 13.1. The second kappa shape index (κ2) is 9.22. The molecule has 1 aliphatic heterocycles. The number of aliphatic hydroxyl groups is 1. The number of rotatable bonds is 6. The van der Waals surface area contributed by atoms with Crippen LogP contribution in [0, 0.1) is 12.5 Å². The largest absolute Gasteiger partial charge is 0.396 e. The molecule has 1 amide bonds. The molecular formula is C27H26N6O2.